The van der Waals surface area contributed by atoms with Gasteiger partial charge in [-0.2, -0.15) is 0 Å². The van der Waals surface area contributed by atoms with Crippen LogP contribution in [0.25, 0.3) is 0 Å². The monoisotopic (exact) mass is 349 g/mol. The highest BCUT2D eigenvalue weighted by atomic mass is 35.5. The standard InChI is InChI=1S/C17H20ClN3OS/c18-14-5-7-15(8-6-14)21(22)16(19)11-12-1-3-13(4-2-12)17-20-9-10-23-17/h5-10,12-13,19,22H,1-4,11H2/t12-,13+. The van der Waals surface area contributed by atoms with Crippen LogP contribution in [-0.2, 0) is 0 Å². The van der Waals surface area contributed by atoms with Gasteiger partial charge < -0.3 is 0 Å². The molecule has 6 heteroatoms. The minimum atomic E-state index is 0.241. The zero-order valence-electron chi connectivity index (χ0n) is 12.8. The Bertz CT molecular complexity index is 636. The van der Waals surface area contributed by atoms with Crippen molar-refractivity contribution in [2.45, 2.75) is 38.0 Å². The molecule has 0 radical (unpaired) electrons. The molecule has 1 aromatic heterocycles. The van der Waals surface area contributed by atoms with Crippen molar-refractivity contribution in [3.05, 3.63) is 45.9 Å². The summed E-state index contributed by atoms with van der Waals surface area (Å²) in [4.78, 5) is 4.42. The number of amidine groups is 1. The molecule has 1 saturated carbocycles. The minimum absolute atomic E-state index is 0.241. The van der Waals surface area contributed by atoms with E-state index >= 15 is 0 Å². The van der Waals surface area contributed by atoms with Crippen LogP contribution in [0.15, 0.2) is 35.8 Å². The van der Waals surface area contributed by atoms with Gasteiger partial charge in [0.2, 0.25) is 0 Å². The van der Waals surface area contributed by atoms with E-state index in [1.54, 1.807) is 35.6 Å². The van der Waals surface area contributed by atoms with Crippen molar-refractivity contribution >= 4 is 34.5 Å². The normalized spacial score (nSPS) is 21.1. The Kier molecular flexibility index (Phi) is 5.30. The van der Waals surface area contributed by atoms with Crippen LogP contribution in [0.1, 0.15) is 43.0 Å². The summed E-state index contributed by atoms with van der Waals surface area (Å²) in [6.07, 6.45) is 6.89. The van der Waals surface area contributed by atoms with Crippen molar-refractivity contribution < 1.29 is 5.21 Å². The van der Waals surface area contributed by atoms with Gasteiger partial charge in [0.1, 0.15) is 5.84 Å². The van der Waals surface area contributed by atoms with Gasteiger partial charge in [0, 0.05) is 28.9 Å². The molecule has 1 aromatic carbocycles. The zero-order chi connectivity index (χ0) is 16.2. The van der Waals surface area contributed by atoms with Crippen molar-refractivity contribution in [3.8, 4) is 0 Å². The molecule has 0 atom stereocenters. The Hall–Kier alpha value is -1.43. The second-order valence-electron chi connectivity index (χ2n) is 6.03. The molecule has 2 N–H and O–H groups in total. The fourth-order valence-electron chi connectivity index (χ4n) is 3.15. The quantitative estimate of drug-likeness (QED) is 0.445. The molecule has 0 amide bonds. The first kappa shape index (κ1) is 16.4. The second-order valence-corrected chi connectivity index (χ2v) is 7.39. The lowest BCUT2D eigenvalue weighted by Crippen LogP contribution is -2.29. The predicted molar refractivity (Wildman–Crippen MR) is 94.9 cm³/mol. The highest BCUT2D eigenvalue weighted by molar-refractivity contribution is 7.09. The number of rotatable bonds is 4. The highest BCUT2D eigenvalue weighted by Gasteiger charge is 2.25. The van der Waals surface area contributed by atoms with Gasteiger partial charge in [-0.05, 0) is 55.9 Å². The molecule has 0 bridgehead atoms. The molecule has 1 fully saturated rings. The Morgan fingerprint density at radius 2 is 1.96 bits per heavy atom. The number of aromatic nitrogens is 1. The highest BCUT2D eigenvalue weighted by Crippen LogP contribution is 2.38. The largest absolute Gasteiger partial charge is 0.286 e. The Morgan fingerprint density at radius 3 is 2.57 bits per heavy atom. The number of nitrogens with zero attached hydrogens (tertiary/aromatic N) is 2. The van der Waals surface area contributed by atoms with Crippen molar-refractivity contribution in [3.63, 3.8) is 0 Å². The number of hydrogen-bond donors (Lipinski definition) is 2. The summed E-state index contributed by atoms with van der Waals surface area (Å²) in [7, 11) is 0. The van der Waals surface area contributed by atoms with E-state index in [-0.39, 0.29) is 5.84 Å². The van der Waals surface area contributed by atoms with Crippen molar-refractivity contribution in [1.82, 2.24) is 4.98 Å². The molecule has 0 spiro atoms. The molecular weight excluding hydrogens is 330 g/mol. The fraction of sp³-hybridized carbons (Fsp3) is 0.412. The van der Waals surface area contributed by atoms with Gasteiger partial charge >= 0.3 is 0 Å². The third-order valence-corrected chi connectivity index (χ3v) is 5.65. The van der Waals surface area contributed by atoms with E-state index in [1.807, 2.05) is 11.6 Å². The van der Waals surface area contributed by atoms with E-state index < -0.39 is 0 Å². The van der Waals surface area contributed by atoms with E-state index in [0.717, 1.165) is 30.7 Å². The van der Waals surface area contributed by atoms with E-state index in [0.29, 0.717) is 29.0 Å². The molecule has 122 valence electrons. The molecule has 23 heavy (non-hydrogen) atoms. The van der Waals surface area contributed by atoms with Crippen LogP contribution in [0.5, 0.6) is 0 Å². The summed E-state index contributed by atoms with van der Waals surface area (Å²) in [5, 5.41) is 23.2. The van der Waals surface area contributed by atoms with E-state index in [1.165, 1.54) is 5.01 Å². The number of hydroxylamine groups is 1. The molecule has 1 aliphatic carbocycles. The Balaban J connectivity index is 1.52. The molecule has 4 nitrogen and oxygen atoms in total. The summed E-state index contributed by atoms with van der Waals surface area (Å²) in [5.41, 5.74) is 0.580. The van der Waals surface area contributed by atoms with Crippen LogP contribution in [0.3, 0.4) is 0 Å². The molecular formula is C17H20ClN3OS. The maximum Gasteiger partial charge on any atom is 0.127 e. The smallest absolute Gasteiger partial charge is 0.127 e. The van der Waals surface area contributed by atoms with Crippen LogP contribution < -0.4 is 5.06 Å². The lowest BCUT2D eigenvalue weighted by molar-refractivity contribution is 0.294. The van der Waals surface area contributed by atoms with E-state index in [2.05, 4.69) is 4.98 Å². The number of halogens is 1. The maximum absolute atomic E-state index is 10.2. The number of nitrogens with one attached hydrogen (secondary N) is 1. The average molecular weight is 350 g/mol. The summed E-state index contributed by atoms with van der Waals surface area (Å²) in [6, 6.07) is 6.87. The van der Waals surface area contributed by atoms with Crippen molar-refractivity contribution in [1.29, 1.82) is 5.41 Å². The summed E-state index contributed by atoms with van der Waals surface area (Å²) in [5.74, 6) is 1.27. The molecule has 0 aliphatic heterocycles. The Morgan fingerprint density at radius 1 is 1.26 bits per heavy atom. The third kappa shape index (κ3) is 4.10. The summed E-state index contributed by atoms with van der Waals surface area (Å²) < 4.78 is 0. The molecule has 3 rings (SSSR count). The van der Waals surface area contributed by atoms with Gasteiger partial charge in [0.15, 0.2) is 0 Å². The number of thiazole rings is 1. The number of anilines is 1. The van der Waals surface area contributed by atoms with Crippen LogP contribution in [0.2, 0.25) is 5.02 Å². The van der Waals surface area contributed by atoms with Gasteiger partial charge in [-0.25, -0.2) is 10.0 Å². The average Bonchev–Trinajstić information content (AvgIpc) is 3.10. The SMILES string of the molecule is N=C(C[C@H]1CC[C@@H](c2nccs2)CC1)N(O)c1ccc(Cl)cc1. The molecule has 2 aromatic rings. The predicted octanol–water partition coefficient (Wildman–Crippen LogP) is 5.33. The van der Waals surface area contributed by atoms with Gasteiger partial charge in [0.25, 0.3) is 0 Å². The van der Waals surface area contributed by atoms with Gasteiger partial charge in [-0.15, -0.1) is 11.3 Å². The van der Waals surface area contributed by atoms with Crippen LogP contribution >= 0.6 is 22.9 Å². The van der Waals surface area contributed by atoms with Crippen LogP contribution in [0, 0.1) is 11.3 Å². The second kappa shape index (κ2) is 7.43. The minimum Gasteiger partial charge on any atom is -0.286 e. The van der Waals surface area contributed by atoms with Crippen LogP contribution in [-0.4, -0.2) is 16.0 Å². The first-order valence-electron chi connectivity index (χ1n) is 7.85. The van der Waals surface area contributed by atoms with E-state index in [9.17, 15) is 5.21 Å². The topological polar surface area (TPSA) is 60.2 Å². The van der Waals surface area contributed by atoms with Gasteiger partial charge in [-0.3, -0.25) is 10.6 Å². The molecule has 1 aliphatic rings. The first-order chi connectivity index (χ1) is 11.1. The van der Waals surface area contributed by atoms with Crippen LogP contribution in [0.4, 0.5) is 5.69 Å². The van der Waals surface area contributed by atoms with Gasteiger partial charge in [-0.1, -0.05) is 11.6 Å². The maximum atomic E-state index is 10.2. The van der Waals surface area contributed by atoms with Crippen molar-refractivity contribution in [2.24, 2.45) is 5.92 Å². The summed E-state index contributed by atoms with van der Waals surface area (Å²) >= 11 is 7.58. The van der Waals surface area contributed by atoms with E-state index in [4.69, 9.17) is 17.0 Å². The third-order valence-electron chi connectivity index (χ3n) is 4.46. The number of benzene rings is 1. The Labute approximate surface area is 145 Å². The summed E-state index contributed by atoms with van der Waals surface area (Å²) in [6.45, 7) is 0. The lowest BCUT2D eigenvalue weighted by atomic mass is 9.80. The van der Waals surface area contributed by atoms with Gasteiger partial charge in [0.05, 0.1) is 10.7 Å². The van der Waals surface area contributed by atoms with Crippen molar-refractivity contribution in [2.75, 3.05) is 5.06 Å². The lowest BCUT2D eigenvalue weighted by Gasteiger charge is -2.28. The zero-order valence-corrected chi connectivity index (χ0v) is 14.4. The molecule has 0 unspecified atom stereocenters. The molecule has 1 heterocycles. The number of hydrogen-bond acceptors (Lipinski definition) is 4. The fourth-order valence-corrected chi connectivity index (χ4v) is 4.08. The first-order valence-corrected chi connectivity index (χ1v) is 9.10. The molecule has 0 saturated heterocycles.